The quantitative estimate of drug-likeness (QED) is 0.330. The first-order valence-electron chi connectivity index (χ1n) is 9.99. The van der Waals surface area contributed by atoms with Gasteiger partial charge >= 0.3 is 0 Å². The number of hydrogen-bond acceptors (Lipinski definition) is 4. The molecule has 0 bridgehead atoms. The maximum atomic E-state index is 14.1. The van der Waals surface area contributed by atoms with Crippen LogP contribution in [0.3, 0.4) is 0 Å². The fourth-order valence-corrected chi connectivity index (χ4v) is 3.52. The van der Waals surface area contributed by atoms with Crippen LogP contribution in [0.2, 0.25) is 0 Å². The number of carbonyl (C=O) groups excluding carboxylic acids is 1. The molecule has 0 saturated carbocycles. The average Bonchev–Trinajstić information content (AvgIpc) is 3.35. The SMILES string of the molecule is CN(C)C(=O)CN=C(NCC1CCCO1)NC1CCN(c2c(F)cccc2F)C1.I. The van der Waals surface area contributed by atoms with Crippen LogP contribution in [0, 0.1) is 11.6 Å². The van der Waals surface area contributed by atoms with Gasteiger partial charge < -0.3 is 25.2 Å². The van der Waals surface area contributed by atoms with E-state index in [4.69, 9.17) is 4.74 Å². The molecule has 0 aliphatic carbocycles. The number of ether oxygens (including phenoxy) is 1. The van der Waals surface area contributed by atoms with Gasteiger partial charge in [0.2, 0.25) is 5.91 Å². The van der Waals surface area contributed by atoms with E-state index in [0.29, 0.717) is 32.0 Å². The van der Waals surface area contributed by atoms with Crippen LogP contribution in [0.4, 0.5) is 14.5 Å². The molecule has 30 heavy (non-hydrogen) atoms. The fraction of sp³-hybridized carbons (Fsp3) is 0.600. The standard InChI is InChI=1S/C20H29F2N5O2.HI/c1-26(2)18(28)12-24-20(23-11-15-5-4-10-29-15)25-14-8-9-27(13-14)19-16(21)6-3-7-17(19)22;/h3,6-7,14-15H,4-5,8-13H2,1-2H3,(H2,23,24,25);1H. The summed E-state index contributed by atoms with van der Waals surface area (Å²) in [6.07, 6.45) is 2.85. The molecule has 1 aromatic rings. The number of para-hydroxylation sites is 1. The van der Waals surface area contributed by atoms with Crippen LogP contribution in [0.1, 0.15) is 19.3 Å². The summed E-state index contributed by atoms with van der Waals surface area (Å²) in [4.78, 5) is 19.5. The second-order valence-corrected chi connectivity index (χ2v) is 7.62. The molecular formula is C20H30F2IN5O2. The van der Waals surface area contributed by atoms with Crippen molar-refractivity contribution in [1.82, 2.24) is 15.5 Å². The number of hydrogen-bond donors (Lipinski definition) is 2. The lowest BCUT2D eigenvalue weighted by molar-refractivity contribution is -0.127. The molecule has 10 heteroatoms. The number of likely N-dealkylation sites (N-methyl/N-ethyl adjacent to an activating group) is 1. The number of aliphatic imine (C=N–C) groups is 1. The molecule has 2 heterocycles. The maximum Gasteiger partial charge on any atom is 0.243 e. The van der Waals surface area contributed by atoms with E-state index in [2.05, 4.69) is 15.6 Å². The highest BCUT2D eigenvalue weighted by molar-refractivity contribution is 14.0. The van der Waals surface area contributed by atoms with Gasteiger partial charge in [0.15, 0.2) is 5.96 Å². The lowest BCUT2D eigenvalue weighted by Crippen LogP contribution is -2.47. The molecule has 0 aromatic heterocycles. The van der Waals surface area contributed by atoms with Crippen molar-refractivity contribution in [3.8, 4) is 0 Å². The van der Waals surface area contributed by atoms with Crippen LogP contribution >= 0.6 is 24.0 Å². The van der Waals surface area contributed by atoms with E-state index in [0.717, 1.165) is 19.4 Å². The summed E-state index contributed by atoms with van der Waals surface area (Å²) in [5, 5.41) is 6.54. The van der Waals surface area contributed by atoms with Crippen molar-refractivity contribution in [2.24, 2.45) is 4.99 Å². The van der Waals surface area contributed by atoms with Gasteiger partial charge in [0.25, 0.3) is 0 Å². The first-order chi connectivity index (χ1) is 13.9. The largest absolute Gasteiger partial charge is 0.376 e. The van der Waals surface area contributed by atoms with Gasteiger partial charge in [0.1, 0.15) is 23.9 Å². The lowest BCUT2D eigenvalue weighted by atomic mass is 10.2. The van der Waals surface area contributed by atoms with Crippen LogP contribution in [-0.2, 0) is 9.53 Å². The van der Waals surface area contributed by atoms with E-state index in [9.17, 15) is 13.6 Å². The Balaban J connectivity index is 0.00000320. The van der Waals surface area contributed by atoms with E-state index in [1.54, 1.807) is 19.0 Å². The second-order valence-electron chi connectivity index (χ2n) is 7.62. The second kappa shape index (κ2) is 11.6. The Labute approximate surface area is 193 Å². The molecule has 0 radical (unpaired) electrons. The summed E-state index contributed by atoms with van der Waals surface area (Å²) >= 11 is 0. The van der Waals surface area contributed by atoms with Gasteiger partial charge in [-0.3, -0.25) is 4.79 Å². The minimum Gasteiger partial charge on any atom is -0.376 e. The van der Waals surface area contributed by atoms with Gasteiger partial charge in [-0.15, -0.1) is 24.0 Å². The number of nitrogens with one attached hydrogen (secondary N) is 2. The zero-order chi connectivity index (χ0) is 20.8. The van der Waals surface area contributed by atoms with Crippen LogP contribution in [0.25, 0.3) is 0 Å². The molecule has 2 atom stereocenters. The highest BCUT2D eigenvalue weighted by atomic mass is 127. The molecule has 2 fully saturated rings. The van der Waals surface area contributed by atoms with Crippen molar-refractivity contribution in [3.63, 3.8) is 0 Å². The maximum absolute atomic E-state index is 14.1. The van der Waals surface area contributed by atoms with Crippen LogP contribution in [0.15, 0.2) is 23.2 Å². The van der Waals surface area contributed by atoms with Crippen LogP contribution in [0.5, 0.6) is 0 Å². The highest BCUT2D eigenvalue weighted by Crippen LogP contribution is 2.26. The molecule has 7 nitrogen and oxygen atoms in total. The third kappa shape index (κ3) is 6.66. The Morgan fingerprint density at radius 3 is 2.67 bits per heavy atom. The third-order valence-corrected chi connectivity index (χ3v) is 5.18. The number of guanidine groups is 1. The van der Waals surface area contributed by atoms with Crippen LogP contribution < -0.4 is 15.5 Å². The van der Waals surface area contributed by atoms with Gasteiger partial charge in [-0.2, -0.15) is 0 Å². The number of anilines is 1. The predicted molar refractivity (Wildman–Crippen MR) is 123 cm³/mol. The number of halogens is 3. The number of rotatable bonds is 6. The van der Waals surface area contributed by atoms with Gasteiger partial charge in [0, 0.05) is 46.4 Å². The van der Waals surface area contributed by atoms with Crippen LogP contribution in [-0.4, -0.2) is 75.8 Å². The van der Waals surface area contributed by atoms with Crippen molar-refractivity contribution in [2.45, 2.75) is 31.4 Å². The Hall–Kier alpha value is -1.69. The summed E-state index contributed by atoms with van der Waals surface area (Å²) in [6, 6.07) is 3.85. The van der Waals surface area contributed by atoms with E-state index in [1.165, 1.54) is 23.1 Å². The molecule has 2 unspecified atom stereocenters. The van der Waals surface area contributed by atoms with Gasteiger partial charge in [-0.05, 0) is 31.4 Å². The van der Waals surface area contributed by atoms with E-state index in [1.807, 2.05) is 0 Å². The molecule has 168 valence electrons. The summed E-state index contributed by atoms with van der Waals surface area (Å²) in [6.45, 7) is 2.36. The number of carbonyl (C=O) groups is 1. The fourth-order valence-electron chi connectivity index (χ4n) is 3.52. The average molecular weight is 537 g/mol. The molecule has 0 spiro atoms. The number of amides is 1. The smallest absolute Gasteiger partial charge is 0.243 e. The molecular weight excluding hydrogens is 507 g/mol. The summed E-state index contributed by atoms with van der Waals surface area (Å²) in [7, 11) is 3.37. The minimum atomic E-state index is -0.562. The highest BCUT2D eigenvalue weighted by Gasteiger charge is 2.27. The van der Waals surface area contributed by atoms with Crippen molar-refractivity contribution >= 4 is 41.5 Å². The van der Waals surface area contributed by atoms with Crippen molar-refractivity contribution in [1.29, 1.82) is 0 Å². The van der Waals surface area contributed by atoms with Gasteiger partial charge in [-0.1, -0.05) is 6.07 Å². The zero-order valence-corrected chi connectivity index (χ0v) is 19.7. The van der Waals surface area contributed by atoms with Gasteiger partial charge in [0.05, 0.1) is 6.10 Å². The monoisotopic (exact) mass is 537 g/mol. The topological polar surface area (TPSA) is 69.2 Å². The molecule has 3 rings (SSSR count). The molecule has 2 aliphatic heterocycles. The number of nitrogens with zero attached hydrogens (tertiary/aromatic N) is 3. The lowest BCUT2D eigenvalue weighted by Gasteiger charge is -2.22. The summed E-state index contributed by atoms with van der Waals surface area (Å²) in [5.41, 5.74) is 0.00499. The Kier molecular flexibility index (Phi) is 9.53. The van der Waals surface area contributed by atoms with Crippen molar-refractivity contribution < 1.29 is 18.3 Å². The first-order valence-corrected chi connectivity index (χ1v) is 9.99. The Morgan fingerprint density at radius 2 is 2.03 bits per heavy atom. The molecule has 1 amide bonds. The van der Waals surface area contributed by atoms with Crippen molar-refractivity contribution in [3.05, 3.63) is 29.8 Å². The molecule has 2 aliphatic rings. The Morgan fingerprint density at radius 1 is 1.30 bits per heavy atom. The number of benzene rings is 1. The first kappa shape index (κ1) is 24.6. The summed E-state index contributed by atoms with van der Waals surface area (Å²) in [5.74, 6) is -0.721. The van der Waals surface area contributed by atoms with E-state index in [-0.39, 0.29) is 54.3 Å². The minimum absolute atomic E-state index is 0. The van der Waals surface area contributed by atoms with Crippen molar-refractivity contribution in [2.75, 3.05) is 51.8 Å². The van der Waals surface area contributed by atoms with E-state index >= 15 is 0 Å². The van der Waals surface area contributed by atoms with Gasteiger partial charge in [-0.25, -0.2) is 13.8 Å². The Bertz CT molecular complexity index is 724. The molecule has 2 N–H and O–H groups in total. The summed E-state index contributed by atoms with van der Waals surface area (Å²) < 4.78 is 33.8. The zero-order valence-electron chi connectivity index (χ0n) is 17.4. The van der Waals surface area contributed by atoms with E-state index < -0.39 is 11.6 Å². The molecule has 1 aromatic carbocycles. The normalized spacial score (nSPS) is 21.3. The molecule has 2 saturated heterocycles. The predicted octanol–water partition coefficient (Wildman–Crippen LogP) is 1.96. The third-order valence-electron chi connectivity index (χ3n) is 5.18.